The van der Waals surface area contributed by atoms with Crippen molar-refractivity contribution in [3.8, 4) is 11.5 Å². The van der Waals surface area contributed by atoms with Crippen molar-refractivity contribution in [2.45, 2.75) is 6.42 Å². The molecule has 1 saturated carbocycles. The van der Waals surface area contributed by atoms with E-state index in [1.54, 1.807) is 30.3 Å². The highest BCUT2D eigenvalue weighted by molar-refractivity contribution is 6.03. The number of ether oxygens (including phenoxy) is 2. The third-order valence-corrected chi connectivity index (χ3v) is 4.41. The van der Waals surface area contributed by atoms with E-state index in [0.29, 0.717) is 36.8 Å². The van der Waals surface area contributed by atoms with Gasteiger partial charge in [0, 0.05) is 11.8 Å². The summed E-state index contributed by atoms with van der Waals surface area (Å²) in [6, 6.07) is 11.1. The Bertz CT molecular complexity index is 870. The number of halogens is 1. The highest BCUT2D eigenvalue weighted by Crippen LogP contribution is 2.41. The molecule has 134 valence electrons. The molecule has 2 aromatic carbocycles. The van der Waals surface area contributed by atoms with Gasteiger partial charge in [-0.2, -0.15) is 0 Å². The number of para-hydroxylation sites is 1. The Labute approximate surface area is 149 Å². The van der Waals surface area contributed by atoms with Crippen LogP contribution in [0.1, 0.15) is 6.42 Å². The molecule has 1 aliphatic heterocycles. The summed E-state index contributed by atoms with van der Waals surface area (Å²) in [6.45, 7) is 0.963. The second-order valence-electron chi connectivity index (χ2n) is 6.27. The van der Waals surface area contributed by atoms with Crippen molar-refractivity contribution < 1.29 is 23.5 Å². The zero-order chi connectivity index (χ0) is 18.1. The summed E-state index contributed by atoms with van der Waals surface area (Å²) in [5, 5.41) is 5.32. The molecule has 0 bridgehead atoms. The molecule has 6 nitrogen and oxygen atoms in total. The zero-order valence-electron chi connectivity index (χ0n) is 13.8. The van der Waals surface area contributed by atoms with Gasteiger partial charge in [0.2, 0.25) is 11.8 Å². The van der Waals surface area contributed by atoms with Crippen LogP contribution in [0.25, 0.3) is 0 Å². The Morgan fingerprint density at radius 1 is 0.923 bits per heavy atom. The quantitative estimate of drug-likeness (QED) is 0.883. The summed E-state index contributed by atoms with van der Waals surface area (Å²) in [5.41, 5.74) is 0.704. The summed E-state index contributed by atoms with van der Waals surface area (Å²) >= 11 is 0. The summed E-state index contributed by atoms with van der Waals surface area (Å²) in [6.07, 6.45) is 0.441. The summed E-state index contributed by atoms with van der Waals surface area (Å²) in [4.78, 5) is 24.5. The van der Waals surface area contributed by atoms with Crippen molar-refractivity contribution in [1.29, 1.82) is 0 Å². The van der Waals surface area contributed by atoms with Gasteiger partial charge in [-0.25, -0.2) is 4.39 Å². The molecular formula is C19H17FN2O4. The molecule has 0 aromatic heterocycles. The number of amides is 2. The largest absolute Gasteiger partial charge is 0.486 e. The zero-order valence-corrected chi connectivity index (χ0v) is 13.8. The Kier molecular flexibility index (Phi) is 4.20. The lowest BCUT2D eigenvalue weighted by Gasteiger charge is -2.19. The van der Waals surface area contributed by atoms with Gasteiger partial charge in [0.1, 0.15) is 19.0 Å². The maximum absolute atomic E-state index is 13.6. The van der Waals surface area contributed by atoms with Crippen molar-refractivity contribution in [1.82, 2.24) is 0 Å². The molecule has 0 radical (unpaired) electrons. The van der Waals surface area contributed by atoms with Crippen LogP contribution >= 0.6 is 0 Å². The van der Waals surface area contributed by atoms with Gasteiger partial charge in [0.15, 0.2) is 11.5 Å². The first-order valence-electron chi connectivity index (χ1n) is 8.38. The monoisotopic (exact) mass is 356 g/mol. The first kappa shape index (κ1) is 16.4. The van der Waals surface area contributed by atoms with E-state index in [1.807, 2.05) is 0 Å². The molecule has 1 fully saturated rings. The van der Waals surface area contributed by atoms with Gasteiger partial charge in [-0.05, 0) is 30.7 Å². The minimum atomic E-state index is -0.501. The predicted octanol–water partition coefficient (Wildman–Crippen LogP) is 2.81. The molecule has 2 aliphatic rings. The second-order valence-corrected chi connectivity index (χ2v) is 6.27. The van der Waals surface area contributed by atoms with E-state index < -0.39 is 17.7 Å². The fraction of sp³-hybridized carbons (Fsp3) is 0.263. The maximum atomic E-state index is 13.6. The minimum Gasteiger partial charge on any atom is -0.486 e. The second kappa shape index (κ2) is 6.67. The van der Waals surface area contributed by atoms with Crippen LogP contribution in [-0.4, -0.2) is 25.0 Å². The molecule has 2 unspecified atom stereocenters. The topological polar surface area (TPSA) is 76.7 Å². The van der Waals surface area contributed by atoms with Crippen LogP contribution in [-0.2, 0) is 9.59 Å². The van der Waals surface area contributed by atoms with E-state index in [9.17, 15) is 14.0 Å². The number of benzene rings is 2. The molecule has 4 rings (SSSR count). The number of anilines is 2. The van der Waals surface area contributed by atoms with Crippen LogP contribution in [0.2, 0.25) is 0 Å². The van der Waals surface area contributed by atoms with Crippen LogP contribution in [0.15, 0.2) is 42.5 Å². The highest BCUT2D eigenvalue weighted by Gasteiger charge is 2.48. The van der Waals surface area contributed by atoms with Gasteiger partial charge in [-0.1, -0.05) is 12.1 Å². The lowest BCUT2D eigenvalue weighted by molar-refractivity contribution is -0.122. The lowest BCUT2D eigenvalue weighted by Crippen LogP contribution is -2.21. The van der Waals surface area contributed by atoms with Gasteiger partial charge < -0.3 is 20.1 Å². The number of fused-ring (bicyclic) bond motifs is 1. The Morgan fingerprint density at radius 3 is 2.38 bits per heavy atom. The van der Waals surface area contributed by atoms with E-state index in [0.717, 1.165) is 0 Å². The van der Waals surface area contributed by atoms with Gasteiger partial charge >= 0.3 is 0 Å². The average Bonchev–Trinajstić information content (AvgIpc) is 3.45. The van der Waals surface area contributed by atoms with Gasteiger partial charge in [0.05, 0.1) is 17.5 Å². The fourth-order valence-electron chi connectivity index (χ4n) is 2.92. The lowest BCUT2D eigenvalue weighted by atomic mass is 10.2. The molecule has 1 aliphatic carbocycles. The van der Waals surface area contributed by atoms with E-state index in [4.69, 9.17) is 9.47 Å². The number of rotatable bonds is 4. The van der Waals surface area contributed by atoms with Crippen LogP contribution in [0.5, 0.6) is 11.5 Å². The number of nitrogens with one attached hydrogen (secondary N) is 2. The third kappa shape index (κ3) is 3.33. The summed E-state index contributed by atoms with van der Waals surface area (Å²) in [5.74, 6) is -0.741. The first-order valence-corrected chi connectivity index (χ1v) is 8.38. The summed E-state index contributed by atoms with van der Waals surface area (Å²) in [7, 11) is 0. The summed E-state index contributed by atoms with van der Waals surface area (Å²) < 4.78 is 24.5. The Morgan fingerprint density at radius 2 is 1.62 bits per heavy atom. The molecule has 2 atom stereocenters. The molecule has 2 N–H and O–H groups in total. The molecule has 0 spiro atoms. The maximum Gasteiger partial charge on any atom is 0.228 e. The van der Waals surface area contributed by atoms with E-state index in [1.165, 1.54) is 12.1 Å². The smallest absolute Gasteiger partial charge is 0.228 e. The van der Waals surface area contributed by atoms with Crippen LogP contribution in [0.4, 0.5) is 15.8 Å². The Hall–Kier alpha value is -3.09. The molecule has 2 amide bonds. The number of carbonyl (C=O) groups excluding carboxylic acids is 2. The van der Waals surface area contributed by atoms with E-state index >= 15 is 0 Å². The number of hydrogen-bond donors (Lipinski definition) is 2. The van der Waals surface area contributed by atoms with Gasteiger partial charge in [-0.15, -0.1) is 0 Å². The Balaban J connectivity index is 1.35. The standard InChI is InChI=1S/C19H17FN2O4/c20-14-3-1-2-4-15(14)22-19(24)13-10-12(13)18(23)21-11-5-6-16-17(9-11)26-8-7-25-16/h1-6,9,12-13H,7-8,10H2,(H,21,23)(H,22,24). The number of hydrogen-bond acceptors (Lipinski definition) is 4. The van der Waals surface area contributed by atoms with E-state index in [2.05, 4.69) is 10.6 Å². The number of carbonyl (C=O) groups is 2. The molecule has 0 saturated heterocycles. The van der Waals surface area contributed by atoms with E-state index in [-0.39, 0.29) is 17.5 Å². The van der Waals surface area contributed by atoms with Crippen LogP contribution < -0.4 is 20.1 Å². The van der Waals surface area contributed by atoms with Crippen LogP contribution in [0.3, 0.4) is 0 Å². The molecular weight excluding hydrogens is 339 g/mol. The van der Waals surface area contributed by atoms with Crippen molar-refractivity contribution >= 4 is 23.2 Å². The van der Waals surface area contributed by atoms with Crippen molar-refractivity contribution in [3.63, 3.8) is 0 Å². The van der Waals surface area contributed by atoms with Crippen molar-refractivity contribution in [2.75, 3.05) is 23.8 Å². The van der Waals surface area contributed by atoms with Crippen molar-refractivity contribution in [3.05, 3.63) is 48.3 Å². The predicted molar refractivity (Wildman–Crippen MR) is 92.7 cm³/mol. The average molecular weight is 356 g/mol. The van der Waals surface area contributed by atoms with Gasteiger partial charge in [-0.3, -0.25) is 9.59 Å². The normalized spacial score (nSPS) is 20.2. The molecule has 7 heteroatoms. The van der Waals surface area contributed by atoms with Crippen molar-refractivity contribution in [2.24, 2.45) is 11.8 Å². The molecule has 26 heavy (non-hydrogen) atoms. The fourth-order valence-corrected chi connectivity index (χ4v) is 2.92. The van der Waals surface area contributed by atoms with Gasteiger partial charge in [0.25, 0.3) is 0 Å². The first-order chi connectivity index (χ1) is 12.6. The SMILES string of the molecule is O=C(Nc1ccc2c(c1)OCCO2)C1CC1C(=O)Nc1ccccc1F. The molecule has 2 aromatic rings. The molecule has 1 heterocycles. The minimum absolute atomic E-state index is 0.121. The highest BCUT2D eigenvalue weighted by atomic mass is 19.1. The third-order valence-electron chi connectivity index (χ3n) is 4.41. The van der Waals surface area contributed by atoms with Crippen LogP contribution in [0, 0.1) is 17.7 Å².